The van der Waals surface area contributed by atoms with Crippen LogP contribution in [0.5, 0.6) is 0 Å². The van der Waals surface area contributed by atoms with Crippen LogP contribution in [0.1, 0.15) is 19.9 Å². The maximum absolute atomic E-state index is 13.5. The molecule has 2 N–H and O–H groups in total. The smallest absolute Gasteiger partial charge is 0.160 e. The Balaban J connectivity index is 2.35. The van der Waals surface area contributed by atoms with Gasteiger partial charge in [-0.25, -0.2) is 14.4 Å². The summed E-state index contributed by atoms with van der Waals surface area (Å²) >= 11 is 0. The molecule has 3 aromatic rings. The number of pyridine rings is 1. The predicted octanol–water partition coefficient (Wildman–Crippen LogP) is 3.40. The topological polar surface area (TPSA) is 56.7 Å². The van der Waals surface area contributed by atoms with Gasteiger partial charge in [0.15, 0.2) is 5.65 Å². The van der Waals surface area contributed by atoms with E-state index < -0.39 is 0 Å². The maximum atomic E-state index is 13.5. The number of halogens is 1. The van der Waals surface area contributed by atoms with Gasteiger partial charge in [-0.15, -0.1) is 0 Å². The van der Waals surface area contributed by atoms with Crippen LogP contribution < -0.4 is 5.73 Å². The van der Waals surface area contributed by atoms with Crippen molar-refractivity contribution in [2.45, 2.75) is 19.9 Å². The van der Waals surface area contributed by atoms with Gasteiger partial charge in [-0.1, -0.05) is 0 Å². The van der Waals surface area contributed by atoms with E-state index in [1.54, 1.807) is 12.3 Å². The van der Waals surface area contributed by atoms with Gasteiger partial charge in [0.25, 0.3) is 0 Å². The minimum atomic E-state index is -0.329. The van der Waals surface area contributed by atoms with E-state index >= 15 is 0 Å². The molecule has 5 heteroatoms. The molecule has 0 aliphatic heterocycles. The molecule has 0 aliphatic carbocycles. The van der Waals surface area contributed by atoms with E-state index in [-0.39, 0.29) is 11.9 Å². The van der Waals surface area contributed by atoms with Crippen molar-refractivity contribution in [1.82, 2.24) is 14.5 Å². The van der Waals surface area contributed by atoms with Crippen molar-refractivity contribution in [3.63, 3.8) is 0 Å². The van der Waals surface area contributed by atoms with E-state index in [4.69, 9.17) is 5.73 Å². The first kappa shape index (κ1) is 12.6. The van der Waals surface area contributed by atoms with E-state index in [1.807, 2.05) is 30.5 Å². The molecule has 0 bridgehead atoms. The van der Waals surface area contributed by atoms with Crippen LogP contribution in [0, 0.1) is 5.82 Å². The monoisotopic (exact) mass is 270 g/mol. The Morgan fingerprint density at radius 3 is 2.80 bits per heavy atom. The number of fused-ring (bicyclic) bond motifs is 1. The lowest BCUT2D eigenvalue weighted by atomic mass is 10.1. The Bertz CT molecular complexity index is 777. The van der Waals surface area contributed by atoms with Crippen LogP contribution in [0.15, 0.2) is 36.5 Å². The number of hydrogen-bond donors (Lipinski definition) is 1. The van der Waals surface area contributed by atoms with Crippen LogP contribution in [0.2, 0.25) is 0 Å². The summed E-state index contributed by atoms with van der Waals surface area (Å²) < 4.78 is 15.5. The quantitative estimate of drug-likeness (QED) is 0.726. The summed E-state index contributed by atoms with van der Waals surface area (Å²) in [6.45, 7) is 4.07. The summed E-state index contributed by atoms with van der Waals surface area (Å²) in [5, 5.41) is 0. The molecule has 20 heavy (non-hydrogen) atoms. The van der Waals surface area contributed by atoms with Gasteiger partial charge in [-0.05, 0) is 44.2 Å². The van der Waals surface area contributed by atoms with Crippen LogP contribution in [0.25, 0.3) is 22.6 Å². The molecule has 102 valence electrons. The Morgan fingerprint density at radius 1 is 1.25 bits per heavy atom. The third-order valence-electron chi connectivity index (χ3n) is 3.22. The minimum Gasteiger partial charge on any atom is -0.398 e. The van der Waals surface area contributed by atoms with E-state index in [0.717, 1.165) is 11.2 Å². The van der Waals surface area contributed by atoms with Gasteiger partial charge in [0.05, 0.1) is 0 Å². The highest BCUT2D eigenvalue weighted by Crippen LogP contribution is 2.31. The lowest BCUT2D eigenvalue weighted by Crippen LogP contribution is -2.05. The summed E-state index contributed by atoms with van der Waals surface area (Å²) in [4.78, 5) is 8.93. The summed E-state index contributed by atoms with van der Waals surface area (Å²) in [6.07, 6.45) is 1.72. The Morgan fingerprint density at radius 2 is 2.05 bits per heavy atom. The van der Waals surface area contributed by atoms with E-state index in [2.05, 4.69) is 9.97 Å². The second-order valence-electron chi connectivity index (χ2n) is 4.98. The SMILES string of the molecule is CC(C)n1c(-c2cc(F)ccc2N)nc2cccnc21. The number of imidazole rings is 1. The molecule has 0 unspecified atom stereocenters. The standard InChI is InChI=1S/C15H15FN4/c1-9(2)20-14(11-8-10(16)5-6-12(11)17)19-13-4-3-7-18-15(13)20/h3-9H,17H2,1-2H3. The summed E-state index contributed by atoms with van der Waals surface area (Å²) in [7, 11) is 0. The maximum Gasteiger partial charge on any atom is 0.160 e. The average molecular weight is 270 g/mol. The second kappa shape index (κ2) is 4.59. The molecule has 0 spiro atoms. The number of nitrogens with two attached hydrogens (primary N) is 1. The van der Waals surface area contributed by atoms with E-state index in [0.29, 0.717) is 17.1 Å². The van der Waals surface area contributed by atoms with Crippen molar-refractivity contribution >= 4 is 16.9 Å². The zero-order chi connectivity index (χ0) is 14.3. The molecule has 2 heterocycles. The largest absolute Gasteiger partial charge is 0.398 e. The summed E-state index contributed by atoms with van der Waals surface area (Å²) in [5.74, 6) is 0.315. The molecule has 1 aromatic carbocycles. The zero-order valence-corrected chi connectivity index (χ0v) is 11.3. The van der Waals surface area contributed by atoms with Crippen molar-refractivity contribution in [3.8, 4) is 11.4 Å². The fourth-order valence-corrected chi connectivity index (χ4v) is 2.33. The minimum absolute atomic E-state index is 0.146. The molecule has 0 saturated heterocycles. The Labute approximate surface area is 116 Å². The first-order chi connectivity index (χ1) is 9.58. The van der Waals surface area contributed by atoms with Gasteiger partial charge >= 0.3 is 0 Å². The average Bonchev–Trinajstić information content (AvgIpc) is 2.80. The molecular formula is C15H15FN4. The molecule has 0 radical (unpaired) electrons. The first-order valence-electron chi connectivity index (χ1n) is 6.46. The lowest BCUT2D eigenvalue weighted by molar-refractivity contribution is 0.615. The fourth-order valence-electron chi connectivity index (χ4n) is 2.33. The molecule has 2 aromatic heterocycles. The number of anilines is 1. The number of nitrogens with zero attached hydrogens (tertiary/aromatic N) is 3. The Kier molecular flexibility index (Phi) is 2.89. The number of hydrogen-bond acceptors (Lipinski definition) is 3. The summed E-state index contributed by atoms with van der Waals surface area (Å²) in [5.41, 5.74) is 8.63. The van der Waals surface area contributed by atoms with Gasteiger partial charge in [0.1, 0.15) is 17.2 Å². The molecule has 0 amide bonds. The van der Waals surface area contributed by atoms with Crippen LogP contribution >= 0.6 is 0 Å². The van der Waals surface area contributed by atoms with E-state index in [9.17, 15) is 4.39 Å². The summed E-state index contributed by atoms with van der Waals surface area (Å²) in [6, 6.07) is 8.18. The van der Waals surface area contributed by atoms with Crippen molar-refractivity contribution in [2.75, 3.05) is 5.73 Å². The fraction of sp³-hybridized carbons (Fsp3) is 0.200. The van der Waals surface area contributed by atoms with Gasteiger partial charge in [0.2, 0.25) is 0 Å². The number of rotatable bonds is 2. The van der Waals surface area contributed by atoms with Gasteiger partial charge in [0, 0.05) is 23.5 Å². The van der Waals surface area contributed by atoms with Crippen molar-refractivity contribution in [3.05, 3.63) is 42.3 Å². The second-order valence-corrected chi connectivity index (χ2v) is 4.98. The number of aromatic nitrogens is 3. The van der Waals surface area contributed by atoms with Crippen LogP contribution in [0.4, 0.5) is 10.1 Å². The molecular weight excluding hydrogens is 255 g/mol. The highest BCUT2D eigenvalue weighted by Gasteiger charge is 2.17. The van der Waals surface area contributed by atoms with Crippen LogP contribution in [-0.4, -0.2) is 14.5 Å². The number of nitrogen functional groups attached to an aromatic ring is 1. The third kappa shape index (κ3) is 1.91. The highest BCUT2D eigenvalue weighted by atomic mass is 19.1. The van der Waals surface area contributed by atoms with Crippen LogP contribution in [-0.2, 0) is 0 Å². The van der Waals surface area contributed by atoms with Crippen LogP contribution in [0.3, 0.4) is 0 Å². The molecule has 0 fully saturated rings. The highest BCUT2D eigenvalue weighted by molar-refractivity contribution is 5.81. The molecule has 3 rings (SSSR count). The lowest BCUT2D eigenvalue weighted by Gasteiger charge is -2.13. The van der Waals surface area contributed by atoms with Gasteiger partial charge in [-0.3, -0.25) is 0 Å². The molecule has 4 nitrogen and oxygen atoms in total. The Hall–Kier alpha value is -2.43. The first-order valence-corrected chi connectivity index (χ1v) is 6.46. The van der Waals surface area contributed by atoms with Crippen molar-refractivity contribution in [1.29, 1.82) is 0 Å². The van der Waals surface area contributed by atoms with Gasteiger partial charge in [-0.2, -0.15) is 0 Å². The van der Waals surface area contributed by atoms with E-state index in [1.165, 1.54) is 12.1 Å². The van der Waals surface area contributed by atoms with Crippen molar-refractivity contribution in [2.24, 2.45) is 0 Å². The molecule has 0 aliphatic rings. The molecule has 0 saturated carbocycles. The zero-order valence-electron chi connectivity index (χ0n) is 11.3. The normalized spacial score (nSPS) is 11.4. The predicted molar refractivity (Wildman–Crippen MR) is 77.7 cm³/mol. The van der Waals surface area contributed by atoms with Gasteiger partial charge < -0.3 is 10.3 Å². The third-order valence-corrected chi connectivity index (χ3v) is 3.22. The number of benzene rings is 1. The van der Waals surface area contributed by atoms with Crippen molar-refractivity contribution < 1.29 is 4.39 Å². The molecule has 0 atom stereocenters.